The lowest BCUT2D eigenvalue weighted by atomic mass is 9.41. The summed E-state index contributed by atoms with van der Waals surface area (Å²) in [5, 5.41) is 4.30. The summed E-state index contributed by atoms with van der Waals surface area (Å²) in [6, 6.07) is 15.7. The van der Waals surface area contributed by atoms with Crippen LogP contribution in [0.25, 0.3) is 16.0 Å². The van der Waals surface area contributed by atoms with Crippen molar-refractivity contribution in [1.29, 1.82) is 0 Å². The zero-order valence-corrected chi connectivity index (χ0v) is 22.7. The summed E-state index contributed by atoms with van der Waals surface area (Å²) in [5.74, 6) is 2.29. The number of amides is 1. The lowest BCUT2D eigenvalue weighted by Crippen LogP contribution is -2.71. The van der Waals surface area contributed by atoms with Crippen LogP contribution in [0.5, 0.6) is 0 Å². The number of fused-ring (bicyclic) bond motifs is 3. The lowest BCUT2D eigenvalue weighted by molar-refractivity contribution is -0.211. The topological polar surface area (TPSA) is 63.6 Å². The van der Waals surface area contributed by atoms with Gasteiger partial charge in [0.1, 0.15) is 5.67 Å². The first-order valence-electron chi connectivity index (χ1n) is 14.8. The molecule has 10 rings (SSSR count). The van der Waals surface area contributed by atoms with Crippen LogP contribution in [0.2, 0.25) is 0 Å². The van der Waals surface area contributed by atoms with E-state index in [2.05, 4.69) is 16.1 Å². The van der Waals surface area contributed by atoms with E-state index in [-0.39, 0.29) is 16.7 Å². The Hall–Kier alpha value is -3.53. The minimum absolute atomic E-state index is 0.0252. The van der Waals surface area contributed by atoms with E-state index in [0.29, 0.717) is 37.4 Å². The number of nitrogens with zero attached hydrogens (tertiary/aromatic N) is 4. The SMILES string of the molecule is [C-]#[N+]c1ccc(-c2cccc(N(CC34CCC(c5nc(C6CC6)no5)(CC3)CC4)C(=O)C34CC(F)(C3)C4)c2)cc1. The maximum Gasteiger partial charge on any atom is 0.233 e. The first kappa shape index (κ1) is 24.3. The minimum Gasteiger partial charge on any atom is -0.339 e. The van der Waals surface area contributed by atoms with Crippen LogP contribution in [-0.2, 0) is 10.2 Å². The quantitative estimate of drug-likeness (QED) is 0.291. The molecular formula is C33H33FN4O2. The Labute approximate surface area is 233 Å². The Balaban J connectivity index is 1.07. The van der Waals surface area contributed by atoms with Gasteiger partial charge >= 0.3 is 0 Å². The number of alkyl halides is 1. The lowest BCUT2D eigenvalue weighted by Gasteiger charge is -2.65. The first-order valence-corrected chi connectivity index (χ1v) is 14.8. The highest BCUT2D eigenvalue weighted by atomic mass is 19.1. The van der Waals surface area contributed by atoms with Gasteiger partial charge in [-0.05, 0) is 99.3 Å². The Bertz CT molecular complexity index is 1500. The molecule has 1 amide bonds. The van der Waals surface area contributed by atoms with Gasteiger partial charge in [0.05, 0.1) is 12.0 Å². The fourth-order valence-corrected chi connectivity index (χ4v) is 8.15. The Morgan fingerprint density at radius 2 is 1.70 bits per heavy atom. The van der Waals surface area contributed by atoms with Crippen molar-refractivity contribution < 1.29 is 13.7 Å². The summed E-state index contributed by atoms with van der Waals surface area (Å²) in [6.45, 7) is 7.91. The molecule has 0 atom stereocenters. The van der Waals surface area contributed by atoms with Crippen LogP contribution >= 0.6 is 0 Å². The van der Waals surface area contributed by atoms with Gasteiger partial charge in [-0.25, -0.2) is 9.24 Å². The number of benzene rings is 2. The summed E-state index contributed by atoms with van der Waals surface area (Å²) in [7, 11) is 0. The van der Waals surface area contributed by atoms with Crippen LogP contribution in [0, 0.1) is 17.4 Å². The summed E-state index contributed by atoms with van der Waals surface area (Å²) in [4.78, 5) is 24.5. The molecule has 0 spiro atoms. The van der Waals surface area contributed by atoms with Gasteiger partial charge in [0.15, 0.2) is 11.5 Å². The molecule has 0 saturated heterocycles. The van der Waals surface area contributed by atoms with Crippen molar-refractivity contribution in [3.63, 3.8) is 0 Å². The van der Waals surface area contributed by atoms with Gasteiger partial charge in [0, 0.05) is 23.6 Å². The van der Waals surface area contributed by atoms with Gasteiger partial charge < -0.3 is 9.42 Å². The Morgan fingerprint density at radius 1 is 1.00 bits per heavy atom. The third kappa shape index (κ3) is 3.68. The van der Waals surface area contributed by atoms with Crippen LogP contribution in [0.1, 0.15) is 88.3 Å². The number of anilines is 1. The van der Waals surface area contributed by atoms with E-state index >= 15 is 0 Å². The molecule has 40 heavy (non-hydrogen) atoms. The molecule has 2 aromatic carbocycles. The van der Waals surface area contributed by atoms with E-state index in [1.807, 2.05) is 47.4 Å². The van der Waals surface area contributed by atoms with E-state index in [4.69, 9.17) is 16.1 Å². The molecule has 0 radical (unpaired) electrons. The average Bonchev–Trinajstić information content (AvgIpc) is 3.70. The second-order valence-electron chi connectivity index (χ2n) is 13.6. The summed E-state index contributed by atoms with van der Waals surface area (Å²) < 4.78 is 20.4. The average molecular weight is 537 g/mol. The highest BCUT2D eigenvalue weighted by molar-refractivity contribution is 6.00. The molecule has 1 heterocycles. The number of hydrogen-bond donors (Lipinski definition) is 0. The summed E-state index contributed by atoms with van der Waals surface area (Å²) in [5.41, 5.74) is 1.88. The number of rotatable bonds is 7. The monoisotopic (exact) mass is 536 g/mol. The van der Waals surface area contributed by atoms with Crippen LogP contribution in [0.3, 0.4) is 0 Å². The standard InChI is InChI=1S/C33H33FN4O2/c1-35-25-9-7-22(8-10-25)24-3-2-4-26(17-24)38(29(39)32-18-33(34,19-32)20-32)21-30-11-14-31(15-12-30,16-13-30)28-36-27(37-40-28)23-5-6-23/h2-4,7-10,17,23H,5-6,11-16,18-21H2. The molecule has 7 aliphatic rings. The predicted molar refractivity (Wildman–Crippen MR) is 149 cm³/mol. The number of aromatic nitrogens is 2. The molecule has 7 fully saturated rings. The van der Waals surface area contributed by atoms with E-state index in [1.165, 1.54) is 0 Å². The minimum atomic E-state index is -1.12. The van der Waals surface area contributed by atoms with Gasteiger partial charge in [0.25, 0.3) is 0 Å². The van der Waals surface area contributed by atoms with E-state index in [0.717, 1.165) is 79.9 Å². The molecule has 7 aliphatic carbocycles. The van der Waals surface area contributed by atoms with Gasteiger partial charge in [-0.3, -0.25) is 4.79 Å². The van der Waals surface area contributed by atoms with Crippen molar-refractivity contribution in [2.45, 2.75) is 87.6 Å². The zero-order chi connectivity index (χ0) is 27.2. The predicted octanol–water partition coefficient (Wildman–Crippen LogP) is 7.68. The number of hydrogen-bond acceptors (Lipinski definition) is 4. The summed E-state index contributed by atoms with van der Waals surface area (Å²) in [6.07, 6.45) is 9.52. The van der Waals surface area contributed by atoms with E-state index in [1.54, 1.807) is 0 Å². The second-order valence-corrected chi connectivity index (χ2v) is 13.6. The number of carbonyl (C=O) groups is 1. The maximum absolute atomic E-state index is 14.5. The summed E-state index contributed by atoms with van der Waals surface area (Å²) >= 11 is 0. The van der Waals surface area contributed by atoms with Gasteiger partial charge in [-0.15, -0.1) is 0 Å². The smallest absolute Gasteiger partial charge is 0.233 e. The highest BCUT2D eigenvalue weighted by Gasteiger charge is 2.73. The number of halogens is 1. The molecule has 0 N–H and O–H groups in total. The Kier molecular flexibility index (Phi) is 5.01. The van der Waals surface area contributed by atoms with Crippen molar-refractivity contribution >= 4 is 17.3 Å². The van der Waals surface area contributed by atoms with Crippen LogP contribution < -0.4 is 4.90 Å². The molecule has 0 aliphatic heterocycles. The highest BCUT2D eigenvalue weighted by Crippen LogP contribution is 2.70. The van der Waals surface area contributed by atoms with Crippen molar-refractivity contribution in [2.24, 2.45) is 10.8 Å². The van der Waals surface area contributed by atoms with E-state index < -0.39 is 11.1 Å². The normalized spacial score (nSPS) is 33.5. The third-order valence-corrected chi connectivity index (χ3v) is 10.9. The maximum atomic E-state index is 14.5. The Morgan fingerprint density at radius 3 is 2.33 bits per heavy atom. The fourth-order valence-electron chi connectivity index (χ4n) is 8.15. The molecule has 3 aromatic rings. The van der Waals surface area contributed by atoms with E-state index in [9.17, 15) is 9.18 Å². The molecular weight excluding hydrogens is 503 g/mol. The van der Waals surface area contributed by atoms with Gasteiger partial charge in [0.2, 0.25) is 11.8 Å². The van der Waals surface area contributed by atoms with Crippen LogP contribution in [0.15, 0.2) is 53.1 Å². The van der Waals surface area contributed by atoms with Crippen molar-refractivity contribution in [2.75, 3.05) is 11.4 Å². The molecule has 4 bridgehead atoms. The molecule has 6 nitrogen and oxygen atoms in total. The molecule has 1 aromatic heterocycles. The largest absolute Gasteiger partial charge is 0.339 e. The fraction of sp³-hybridized carbons (Fsp3) is 0.515. The molecule has 0 unspecified atom stereocenters. The first-order chi connectivity index (χ1) is 19.3. The zero-order valence-electron chi connectivity index (χ0n) is 22.7. The van der Waals surface area contributed by atoms with Crippen LogP contribution in [0.4, 0.5) is 15.8 Å². The van der Waals surface area contributed by atoms with Crippen LogP contribution in [-0.4, -0.2) is 28.3 Å². The molecule has 7 saturated carbocycles. The van der Waals surface area contributed by atoms with Crippen molar-refractivity contribution in [1.82, 2.24) is 10.1 Å². The molecule has 204 valence electrons. The second kappa shape index (κ2) is 8.25. The number of carbonyl (C=O) groups excluding carboxylic acids is 1. The van der Waals surface area contributed by atoms with Crippen molar-refractivity contribution in [3.05, 3.63) is 71.7 Å². The van der Waals surface area contributed by atoms with Crippen molar-refractivity contribution in [3.8, 4) is 11.1 Å². The third-order valence-electron chi connectivity index (χ3n) is 10.9. The molecule has 7 heteroatoms. The van der Waals surface area contributed by atoms with Gasteiger partial charge in [-0.1, -0.05) is 41.6 Å². The van der Waals surface area contributed by atoms with Gasteiger partial charge in [-0.2, -0.15) is 4.98 Å².